The molecular formula is C29H24N4O2S. The van der Waals surface area contributed by atoms with Crippen LogP contribution < -0.4 is 14.8 Å². The van der Waals surface area contributed by atoms with Crippen molar-refractivity contribution in [1.82, 2.24) is 19.2 Å². The lowest BCUT2D eigenvalue weighted by Crippen LogP contribution is -2.22. The minimum atomic E-state index is -0.0706. The number of ether oxygens (including phenoxy) is 1. The molecule has 0 aliphatic carbocycles. The Bertz CT molecular complexity index is 1780. The molecule has 3 aromatic carbocycles. The van der Waals surface area contributed by atoms with Gasteiger partial charge in [0.15, 0.2) is 4.96 Å². The summed E-state index contributed by atoms with van der Waals surface area (Å²) in [6.45, 7) is 2.83. The smallest absolute Gasteiger partial charge is 0.274 e. The highest BCUT2D eigenvalue weighted by Crippen LogP contribution is 2.28. The molecule has 0 aliphatic heterocycles. The van der Waals surface area contributed by atoms with Crippen molar-refractivity contribution in [2.75, 3.05) is 6.61 Å². The first kappa shape index (κ1) is 22.2. The van der Waals surface area contributed by atoms with E-state index in [1.54, 1.807) is 4.40 Å². The van der Waals surface area contributed by atoms with Gasteiger partial charge in [-0.2, -0.15) is 5.10 Å². The summed E-state index contributed by atoms with van der Waals surface area (Å²) in [7, 11) is 0. The number of thiazole rings is 1. The number of aromatic nitrogens is 4. The van der Waals surface area contributed by atoms with Crippen molar-refractivity contribution in [3.05, 3.63) is 106 Å². The Labute approximate surface area is 211 Å². The molecule has 0 saturated heterocycles. The molecule has 0 amide bonds. The van der Waals surface area contributed by atoms with Crippen LogP contribution in [0.2, 0.25) is 0 Å². The Hall–Kier alpha value is -4.23. The van der Waals surface area contributed by atoms with Crippen molar-refractivity contribution in [3.63, 3.8) is 0 Å². The van der Waals surface area contributed by atoms with E-state index in [9.17, 15) is 4.79 Å². The average molecular weight is 493 g/mol. The molecule has 0 unspecified atom stereocenters. The van der Waals surface area contributed by atoms with Gasteiger partial charge in [-0.3, -0.25) is 4.79 Å². The maximum absolute atomic E-state index is 13.4. The molecule has 6 nitrogen and oxygen atoms in total. The van der Waals surface area contributed by atoms with Gasteiger partial charge in [-0.25, -0.2) is 14.1 Å². The summed E-state index contributed by atoms with van der Waals surface area (Å²) in [4.78, 5) is 18.7. The van der Waals surface area contributed by atoms with E-state index in [2.05, 4.69) is 11.9 Å². The van der Waals surface area contributed by atoms with Crippen molar-refractivity contribution in [3.8, 4) is 22.7 Å². The van der Waals surface area contributed by atoms with Crippen LogP contribution in [0.15, 0.2) is 89.9 Å². The van der Waals surface area contributed by atoms with E-state index < -0.39 is 0 Å². The lowest BCUT2D eigenvalue weighted by Gasteiger charge is -2.07. The highest BCUT2D eigenvalue weighted by Gasteiger charge is 2.15. The first-order valence-electron chi connectivity index (χ1n) is 12.0. The van der Waals surface area contributed by atoms with Gasteiger partial charge in [-0.15, -0.1) is 0 Å². The Morgan fingerprint density at radius 1 is 1.00 bits per heavy atom. The number of para-hydroxylation sites is 3. The van der Waals surface area contributed by atoms with Crippen molar-refractivity contribution in [2.24, 2.45) is 0 Å². The maximum atomic E-state index is 13.4. The summed E-state index contributed by atoms with van der Waals surface area (Å²) in [6, 6.07) is 25.7. The topological polar surface area (TPSA) is 61.4 Å². The Morgan fingerprint density at radius 3 is 2.69 bits per heavy atom. The van der Waals surface area contributed by atoms with Gasteiger partial charge in [0.05, 0.1) is 27.9 Å². The van der Waals surface area contributed by atoms with Gasteiger partial charge in [0.1, 0.15) is 11.4 Å². The molecule has 3 heterocycles. The van der Waals surface area contributed by atoms with E-state index in [-0.39, 0.29) is 5.56 Å². The van der Waals surface area contributed by atoms with Gasteiger partial charge < -0.3 is 4.74 Å². The van der Waals surface area contributed by atoms with Crippen LogP contribution in [-0.2, 0) is 0 Å². The number of nitrogens with zero attached hydrogens (tertiary/aromatic N) is 4. The van der Waals surface area contributed by atoms with Gasteiger partial charge in [0, 0.05) is 17.3 Å². The highest BCUT2D eigenvalue weighted by molar-refractivity contribution is 7.15. The zero-order valence-electron chi connectivity index (χ0n) is 19.8. The first-order chi connectivity index (χ1) is 17.7. The number of benzene rings is 3. The molecule has 0 saturated carbocycles. The highest BCUT2D eigenvalue weighted by atomic mass is 32.1. The third-order valence-corrected chi connectivity index (χ3v) is 7.04. The molecule has 0 radical (unpaired) electrons. The average Bonchev–Trinajstić information content (AvgIpc) is 3.58. The number of unbranched alkanes of at least 4 members (excludes halogenated alkanes) is 1. The van der Waals surface area contributed by atoms with E-state index in [0.717, 1.165) is 52.1 Å². The minimum Gasteiger partial charge on any atom is -0.494 e. The van der Waals surface area contributed by atoms with Crippen molar-refractivity contribution in [2.45, 2.75) is 19.8 Å². The second-order valence-corrected chi connectivity index (χ2v) is 9.59. The van der Waals surface area contributed by atoms with E-state index in [1.807, 2.05) is 95.8 Å². The predicted molar refractivity (Wildman–Crippen MR) is 145 cm³/mol. The summed E-state index contributed by atoms with van der Waals surface area (Å²) in [5, 5.41) is 4.92. The fourth-order valence-electron chi connectivity index (χ4n) is 4.25. The quantitative estimate of drug-likeness (QED) is 0.277. The van der Waals surface area contributed by atoms with Gasteiger partial charge in [0.25, 0.3) is 5.56 Å². The number of hydrogen-bond donors (Lipinski definition) is 0. The van der Waals surface area contributed by atoms with E-state index >= 15 is 0 Å². The molecule has 0 bridgehead atoms. The van der Waals surface area contributed by atoms with E-state index in [0.29, 0.717) is 16.1 Å². The summed E-state index contributed by atoms with van der Waals surface area (Å²) in [6.07, 6.45) is 5.97. The standard InChI is InChI=1S/C29H24N4O2S/c1-2-3-16-35-23-13-9-10-20(17-23)27-21(19-32(31-27)22-11-5-4-6-12-22)18-26-28(34)33-25-15-8-7-14-24(25)30-29(33)36-26/h4-15,17-19H,2-3,16H2,1H3. The normalized spacial score (nSPS) is 12.1. The molecule has 6 aromatic rings. The lowest BCUT2D eigenvalue weighted by atomic mass is 10.1. The molecule has 0 N–H and O–H groups in total. The van der Waals surface area contributed by atoms with Crippen LogP contribution in [0.1, 0.15) is 25.3 Å². The van der Waals surface area contributed by atoms with Crippen LogP contribution in [0.3, 0.4) is 0 Å². The zero-order chi connectivity index (χ0) is 24.5. The molecule has 0 atom stereocenters. The first-order valence-corrected chi connectivity index (χ1v) is 12.8. The molecule has 0 fully saturated rings. The third-order valence-electron chi connectivity index (χ3n) is 6.07. The molecule has 6 rings (SSSR count). The Morgan fingerprint density at radius 2 is 1.83 bits per heavy atom. The number of imidazole rings is 1. The molecule has 7 heteroatoms. The van der Waals surface area contributed by atoms with Crippen molar-refractivity contribution >= 4 is 33.4 Å². The van der Waals surface area contributed by atoms with Crippen LogP contribution >= 0.6 is 11.3 Å². The van der Waals surface area contributed by atoms with Crippen molar-refractivity contribution in [1.29, 1.82) is 0 Å². The molecule has 178 valence electrons. The van der Waals surface area contributed by atoms with Crippen molar-refractivity contribution < 1.29 is 4.74 Å². The summed E-state index contributed by atoms with van der Waals surface area (Å²) in [5.74, 6) is 0.812. The van der Waals surface area contributed by atoms with Crippen LogP contribution in [0.25, 0.3) is 39.0 Å². The summed E-state index contributed by atoms with van der Waals surface area (Å²) >= 11 is 1.39. The molecule has 0 spiro atoms. The molecule has 36 heavy (non-hydrogen) atoms. The van der Waals surface area contributed by atoms with E-state index in [1.165, 1.54) is 11.3 Å². The van der Waals surface area contributed by atoms with Crippen LogP contribution in [0, 0.1) is 0 Å². The maximum Gasteiger partial charge on any atom is 0.274 e. The fraction of sp³-hybridized carbons (Fsp3) is 0.138. The number of hydrogen-bond acceptors (Lipinski definition) is 5. The van der Waals surface area contributed by atoms with Gasteiger partial charge >= 0.3 is 0 Å². The Kier molecular flexibility index (Phi) is 5.83. The van der Waals surface area contributed by atoms with Crippen LogP contribution in [0.4, 0.5) is 0 Å². The SMILES string of the molecule is CCCCOc1cccc(-c2nn(-c3ccccc3)cc2C=c2sc3nc4ccccc4n3c2=O)c1. The largest absolute Gasteiger partial charge is 0.494 e. The second-order valence-electron chi connectivity index (χ2n) is 8.58. The monoisotopic (exact) mass is 492 g/mol. The second kappa shape index (κ2) is 9.43. The molecular weight excluding hydrogens is 468 g/mol. The summed E-state index contributed by atoms with van der Waals surface area (Å²) < 4.78 is 10.1. The number of fused-ring (bicyclic) bond motifs is 3. The minimum absolute atomic E-state index is 0.0706. The fourth-order valence-corrected chi connectivity index (χ4v) is 5.23. The van der Waals surface area contributed by atoms with Gasteiger partial charge in [0.2, 0.25) is 0 Å². The Balaban J connectivity index is 1.50. The lowest BCUT2D eigenvalue weighted by molar-refractivity contribution is 0.309. The van der Waals surface area contributed by atoms with Gasteiger partial charge in [-0.1, -0.05) is 67.1 Å². The van der Waals surface area contributed by atoms with Gasteiger partial charge in [-0.05, 0) is 48.9 Å². The van der Waals surface area contributed by atoms with E-state index in [4.69, 9.17) is 9.84 Å². The molecule has 0 aliphatic rings. The molecule has 3 aromatic heterocycles. The summed E-state index contributed by atoms with van der Waals surface area (Å²) in [5.41, 5.74) is 5.10. The van der Waals surface area contributed by atoms with Crippen LogP contribution in [-0.4, -0.2) is 25.8 Å². The zero-order valence-corrected chi connectivity index (χ0v) is 20.6. The predicted octanol–water partition coefficient (Wildman–Crippen LogP) is 5.49. The number of rotatable bonds is 7. The third kappa shape index (κ3) is 4.07. The van der Waals surface area contributed by atoms with Crippen LogP contribution in [0.5, 0.6) is 5.75 Å².